The Balaban J connectivity index is 2.20. The van der Waals surface area contributed by atoms with E-state index in [4.69, 9.17) is 4.74 Å². The highest BCUT2D eigenvalue weighted by atomic mass is 19.1. The number of alkyl halides is 1. The molecule has 1 aliphatic rings. The van der Waals surface area contributed by atoms with E-state index >= 15 is 0 Å². The van der Waals surface area contributed by atoms with Crippen LogP contribution in [0.2, 0.25) is 0 Å². The summed E-state index contributed by atoms with van der Waals surface area (Å²) in [7, 11) is 1.41. The topological polar surface area (TPSA) is 35.5 Å². The van der Waals surface area contributed by atoms with Crippen molar-refractivity contribution in [2.75, 3.05) is 20.4 Å². The maximum atomic E-state index is 11.8. The SMILES string of the molecule is COC(=O)C1CCC(OCCF)CC1. The summed E-state index contributed by atoms with van der Waals surface area (Å²) in [6, 6.07) is 0. The number of methoxy groups -OCH3 is 1. The van der Waals surface area contributed by atoms with Crippen molar-refractivity contribution in [3.63, 3.8) is 0 Å². The van der Waals surface area contributed by atoms with Crippen LogP contribution in [0.1, 0.15) is 25.7 Å². The first kappa shape index (κ1) is 11.4. The molecule has 3 nitrogen and oxygen atoms in total. The van der Waals surface area contributed by atoms with Gasteiger partial charge >= 0.3 is 5.97 Å². The third-order valence-corrected chi connectivity index (χ3v) is 2.64. The molecule has 0 heterocycles. The lowest BCUT2D eigenvalue weighted by Crippen LogP contribution is -2.27. The minimum Gasteiger partial charge on any atom is -0.469 e. The molecule has 4 heteroatoms. The second-order valence-corrected chi connectivity index (χ2v) is 3.56. The number of hydrogen-bond donors (Lipinski definition) is 0. The molecule has 0 unspecified atom stereocenters. The zero-order valence-corrected chi connectivity index (χ0v) is 8.50. The standard InChI is InChI=1S/C10H17FO3/c1-13-10(12)8-2-4-9(5-3-8)14-7-6-11/h8-9H,2-7H2,1H3. The summed E-state index contributed by atoms with van der Waals surface area (Å²) in [5.74, 6) is -0.112. The van der Waals surface area contributed by atoms with E-state index in [9.17, 15) is 9.18 Å². The summed E-state index contributed by atoms with van der Waals surface area (Å²) in [5.41, 5.74) is 0. The van der Waals surface area contributed by atoms with Crippen LogP contribution in [0.15, 0.2) is 0 Å². The summed E-state index contributed by atoms with van der Waals surface area (Å²) in [4.78, 5) is 11.2. The van der Waals surface area contributed by atoms with Crippen molar-refractivity contribution in [1.29, 1.82) is 0 Å². The lowest BCUT2D eigenvalue weighted by Gasteiger charge is -2.26. The molecule has 0 amide bonds. The molecule has 1 aliphatic carbocycles. The van der Waals surface area contributed by atoms with Gasteiger partial charge in [-0.05, 0) is 25.7 Å². The highest BCUT2D eigenvalue weighted by Gasteiger charge is 2.26. The molecule has 82 valence electrons. The number of halogens is 1. The van der Waals surface area contributed by atoms with E-state index in [0.29, 0.717) is 0 Å². The Labute approximate surface area is 83.6 Å². The number of ether oxygens (including phenoxy) is 2. The lowest BCUT2D eigenvalue weighted by molar-refractivity contribution is -0.147. The van der Waals surface area contributed by atoms with Crippen molar-refractivity contribution < 1.29 is 18.7 Å². The van der Waals surface area contributed by atoms with Gasteiger partial charge in [-0.3, -0.25) is 4.79 Å². The van der Waals surface area contributed by atoms with E-state index in [1.807, 2.05) is 0 Å². The van der Waals surface area contributed by atoms with Crippen LogP contribution >= 0.6 is 0 Å². The molecular weight excluding hydrogens is 187 g/mol. The number of esters is 1. The Morgan fingerprint density at radius 1 is 1.36 bits per heavy atom. The monoisotopic (exact) mass is 204 g/mol. The highest BCUT2D eigenvalue weighted by Crippen LogP contribution is 2.26. The third kappa shape index (κ3) is 3.25. The van der Waals surface area contributed by atoms with Gasteiger partial charge < -0.3 is 9.47 Å². The van der Waals surface area contributed by atoms with Crippen molar-refractivity contribution in [2.45, 2.75) is 31.8 Å². The van der Waals surface area contributed by atoms with E-state index in [2.05, 4.69) is 4.74 Å². The second kappa shape index (κ2) is 5.96. The minimum absolute atomic E-state index is 0.0187. The fourth-order valence-corrected chi connectivity index (χ4v) is 1.84. The summed E-state index contributed by atoms with van der Waals surface area (Å²) >= 11 is 0. The summed E-state index contributed by atoms with van der Waals surface area (Å²) in [6.45, 7) is -0.259. The van der Waals surface area contributed by atoms with Gasteiger partial charge in [0, 0.05) is 0 Å². The quantitative estimate of drug-likeness (QED) is 0.654. The van der Waals surface area contributed by atoms with Gasteiger partial charge in [0.2, 0.25) is 0 Å². The fraction of sp³-hybridized carbons (Fsp3) is 0.900. The van der Waals surface area contributed by atoms with Gasteiger partial charge in [0.15, 0.2) is 0 Å². The van der Waals surface area contributed by atoms with Crippen LogP contribution in [0.5, 0.6) is 0 Å². The van der Waals surface area contributed by atoms with E-state index in [1.54, 1.807) is 0 Å². The summed E-state index contributed by atoms with van der Waals surface area (Å²) in [5, 5.41) is 0. The van der Waals surface area contributed by atoms with Gasteiger partial charge in [-0.25, -0.2) is 4.39 Å². The van der Waals surface area contributed by atoms with Gasteiger partial charge in [0.05, 0.1) is 25.7 Å². The molecule has 0 aromatic heterocycles. The number of rotatable bonds is 4. The van der Waals surface area contributed by atoms with Crippen LogP contribution < -0.4 is 0 Å². The molecule has 0 bridgehead atoms. The van der Waals surface area contributed by atoms with Crippen LogP contribution in [-0.2, 0) is 14.3 Å². The first-order valence-electron chi connectivity index (χ1n) is 5.03. The Bertz CT molecular complexity index is 176. The zero-order chi connectivity index (χ0) is 10.4. The molecular formula is C10H17FO3. The molecule has 0 aromatic rings. The van der Waals surface area contributed by atoms with Crippen LogP contribution in [0.3, 0.4) is 0 Å². The van der Waals surface area contributed by atoms with Gasteiger partial charge in [0.25, 0.3) is 0 Å². The van der Waals surface area contributed by atoms with Crippen molar-refractivity contribution in [3.8, 4) is 0 Å². The molecule has 0 aromatic carbocycles. The molecule has 1 saturated carbocycles. The summed E-state index contributed by atoms with van der Waals surface area (Å²) in [6.07, 6.45) is 3.39. The Hall–Kier alpha value is -0.640. The third-order valence-electron chi connectivity index (χ3n) is 2.64. The first-order chi connectivity index (χ1) is 6.77. The Morgan fingerprint density at radius 2 is 2.00 bits per heavy atom. The molecule has 14 heavy (non-hydrogen) atoms. The van der Waals surface area contributed by atoms with Crippen molar-refractivity contribution in [2.24, 2.45) is 5.92 Å². The van der Waals surface area contributed by atoms with E-state index in [0.717, 1.165) is 25.7 Å². The summed E-state index contributed by atoms with van der Waals surface area (Å²) < 4.78 is 21.7. The Morgan fingerprint density at radius 3 is 2.50 bits per heavy atom. The minimum atomic E-state index is -0.434. The number of hydrogen-bond acceptors (Lipinski definition) is 3. The molecule has 1 fully saturated rings. The predicted octanol–water partition coefficient (Wildman–Crippen LogP) is 1.70. The van der Waals surface area contributed by atoms with Crippen LogP contribution in [0.4, 0.5) is 4.39 Å². The molecule has 0 saturated heterocycles. The van der Waals surface area contributed by atoms with Crippen LogP contribution in [-0.4, -0.2) is 32.5 Å². The maximum Gasteiger partial charge on any atom is 0.308 e. The van der Waals surface area contributed by atoms with Crippen LogP contribution in [0.25, 0.3) is 0 Å². The molecule has 0 N–H and O–H groups in total. The normalized spacial score (nSPS) is 27.3. The van der Waals surface area contributed by atoms with Gasteiger partial charge in [-0.2, -0.15) is 0 Å². The second-order valence-electron chi connectivity index (χ2n) is 3.56. The van der Waals surface area contributed by atoms with E-state index < -0.39 is 6.67 Å². The molecule has 0 radical (unpaired) electrons. The van der Waals surface area contributed by atoms with Crippen LogP contribution in [0, 0.1) is 5.92 Å². The largest absolute Gasteiger partial charge is 0.469 e. The maximum absolute atomic E-state index is 11.8. The zero-order valence-electron chi connectivity index (χ0n) is 8.50. The smallest absolute Gasteiger partial charge is 0.308 e. The van der Waals surface area contributed by atoms with Crippen molar-refractivity contribution in [1.82, 2.24) is 0 Å². The number of carbonyl (C=O) groups excluding carboxylic acids is 1. The van der Waals surface area contributed by atoms with E-state index in [1.165, 1.54) is 7.11 Å². The fourth-order valence-electron chi connectivity index (χ4n) is 1.84. The average molecular weight is 204 g/mol. The lowest BCUT2D eigenvalue weighted by atomic mass is 9.87. The predicted molar refractivity (Wildman–Crippen MR) is 49.7 cm³/mol. The van der Waals surface area contributed by atoms with Crippen molar-refractivity contribution >= 4 is 5.97 Å². The first-order valence-corrected chi connectivity index (χ1v) is 5.03. The Kier molecular flexibility index (Phi) is 4.87. The van der Waals surface area contributed by atoms with Gasteiger partial charge in [-0.15, -0.1) is 0 Å². The highest BCUT2D eigenvalue weighted by molar-refractivity contribution is 5.72. The van der Waals surface area contributed by atoms with Gasteiger partial charge in [0.1, 0.15) is 6.67 Å². The molecule has 0 atom stereocenters. The molecule has 0 aliphatic heterocycles. The van der Waals surface area contributed by atoms with Crippen molar-refractivity contribution in [3.05, 3.63) is 0 Å². The van der Waals surface area contributed by atoms with E-state index in [-0.39, 0.29) is 24.6 Å². The number of carbonyl (C=O) groups is 1. The molecule has 1 rings (SSSR count). The average Bonchev–Trinajstić information content (AvgIpc) is 2.26. The van der Waals surface area contributed by atoms with Gasteiger partial charge in [-0.1, -0.05) is 0 Å². The molecule has 0 spiro atoms.